The molecule has 0 spiro atoms. The van der Waals surface area contributed by atoms with Gasteiger partial charge in [0.25, 0.3) is 21.3 Å². The highest BCUT2D eigenvalue weighted by Gasteiger charge is 2.39. The number of rotatable bonds is 8. The Hall–Kier alpha value is -1.19. The summed E-state index contributed by atoms with van der Waals surface area (Å²) in [6.45, 7) is 0.139. The van der Waals surface area contributed by atoms with E-state index in [1.165, 1.54) is 23.3 Å². The van der Waals surface area contributed by atoms with Crippen molar-refractivity contribution in [2.24, 2.45) is 0 Å². The van der Waals surface area contributed by atoms with Crippen LogP contribution in [0.4, 0.5) is 5.69 Å². The number of hydrogen-bond acceptors (Lipinski definition) is 6. The van der Waals surface area contributed by atoms with Crippen LogP contribution in [0.2, 0.25) is 15.1 Å². The van der Waals surface area contributed by atoms with Crippen LogP contribution in [-0.2, 0) is 27.8 Å². The summed E-state index contributed by atoms with van der Waals surface area (Å²) >= 11 is 15.7. The van der Waals surface area contributed by atoms with Gasteiger partial charge in [-0.1, -0.05) is 44.8 Å². The summed E-state index contributed by atoms with van der Waals surface area (Å²) in [5.74, 6) is 0.362. The van der Waals surface area contributed by atoms with Gasteiger partial charge in [0.2, 0.25) is 0 Å². The molecule has 0 aliphatic carbocycles. The minimum atomic E-state index is -4.01. The predicted molar refractivity (Wildman–Crippen MR) is 127 cm³/mol. The highest BCUT2D eigenvalue weighted by atomic mass is 35.5. The molecule has 1 aliphatic heterocycles. The van der Waals surface area contributed by atoms with E-state index >= 15 is 0 Å². The van der Waals surface area contributed by atoms with Crippen molar-refractivity contribution in [1.82, 2.24) is 9.95 Å². The van der Waals surface area contributed by atoms with Crippen molar-refractivity contribution in [2.45, 2.75) is 17.5 Å². The van der Waals surface area contributed by atoms with E-state index in [2.05, 4.69) is 9.55 Å². The van der Waals surface area contributed by atoms with Crippen LogP contribution in [-0.4, -0.2) is 65.3 Å². The van der Waals surface area contributed by atoms with E-state index < -0.39 is 27.4 Å². The topological polar surface area (TPSA) is 128 Å². The fraction of sp³-hybridized carbons (Fsp3) is 0.333. The minimum absolute atomic E-state index is 0.0113. The van der Waals surface area contributed by atoms with E-state index in [0.29, 0.717) is 21.4 Å². The number of fused-ring (bicyclic) bond motifs is 1. The van der Waals surface area contributed by atoms with Crippen LogP contribution in [0.25, 0.3) is 0 Å². The fourth-order valence-corrected chi connectivity index (χ4v) is 5.78. The van der Waals surface area contributed by atoms with Gasteiger partial charge in [0.15, 0.2) is 0 Å². The first-order valence-electron chi connectivity index (χ1n) is 9.38. The highest BCUT2D eigenvalue weighted by Crippen LogP contribution is 2.33. The lowest BCUT2D eigenvalue weighted by Gasteiger charge is -2.42. The van der Waals surface area contributed by atoms with Gasteiger partial charge in [0, 0.05) is 5.02 Å². The molecular weight excluding hydrogens is 539 g/mol. The van der Waals surface area contributed by atoms with Crippen molar-refractivity contribution >= 4 is 61.8 Å². The van der Waals surface area contributed by atoms with Gasteiger partial charge in [-0.2, -0.15) is 0 Å². The molecule has 1 heterocycles. The number of ether oxygens (including phenoxy) is 1. The van der Waals surface area contributed by atoms with Gasteiger partial charge in [-0.05, 0) is 35.9 Å². The molecule has 1 aliphatic rings. The number of halogens is 3. The van der Waals surface area contributed by atoms with E-state index in [9.17, 15) is 17.7 Å². The molecule has 0 amide bonds. The van der Waals surface area contributed by atoms with Crippen molar-refractivity contribution in [3.05, 3.63) is 51.0 Å². The Morgan fingerprint density at radius 1 is 1.24 bits per heavy atom. The maximum Gasteiger partial charge on any atom is 0.259 e. The van der Waals surface area contributed by atoms with Crippen LogP contribution in [0, 0.1) is 0 Å². The maximum atomic E-state index is 12.9. The average molecular weight is 561 g/mol. The quantitative estimate of drug-likeness (QED) is 0.289. The average Bonchev–Trinajstić information content (AvgIpc) is 2.67. The monoisotopic (exact) mass is 559 g/mol. The van der Waals surface area contributed by atoms with Gasteiger partial charge < -0.3 is 9.84 Å². The van der Waals surface area contributed by atoms with Crippen LogP contribution in [0.15, 0.2) is 35.2 Å². The van der Waals surface area contributed by atoms with E-state index in [0.717, 1.165) is 0 Å². The molecule has 10 nitrogen and oxygen atoms in total. The number of likely N-dealkylation sites (N-methyl/N-ethyl adjacent to an activating group) is 1. The minimum Gasteiger partial charge on any atom is -0.489 e. The second kappa shape index (κ2) is 10.2. The molecule has 0 saturated carbocycles. The largest absolute Gasteiger partial charge is 0.489 e. The Morgan fingerprint density at radius 3 is 2.58 bits per heavy atom. The van der Waals surface area contributed by atoms with Gasteiger partial charge in [-0.15, -0.1) is 0 Å². The molecule has 0 saturated heterocycles. The molecule has 2 aromatic rings. The molecule has 2 unspecified atom stereocenters. The van der Waals surface area contributed by atoms with E-state index in [1.807, 2.05) is 0 Å². The van der Waals surface area contributed by atoms with Crippen molar-refractivity contribution in [2.75, 3.05) is 32.0 Å². The number of aliphatic hydroxyl groups is 1. The molecule has 33 heavy (non-hydrogen) atoms. The summed E-state index contributed by atoms with van der Waals surface area (Å²) in [6, 6.07) is 7.34. The summed E-state index contributed by atoms with van der Waals surface area (Å²) in [4.78, 5) is 2.39. The first-order valence-corrected chi connectivity index (χ1v) is 13.1. The van der Waals surface area contributed by atoms with Gasteiger partial charge >= 0.3 is 0 Å². The molecule has 4 N–H and O–H groups in total. The SMILES string of the molecule is C[N+](C)(CC(O)COc1ccc(Cl)cc1Cl)N1Cc2cc(Cl)c(NS(=O)O)cc2S(=O)(=O)N1. The van der Waals surface area contributed by atoms with Crippen molar-refractivity contribution < 1.29 is 31.6 Å². The Kier molecular flexibility index (Phi) is 8.16. The second-order valence-corrected chi connectivity index (χ2v) is 11.4. The van der Waals surface area contributed by atoms with Crippen LogP contribution < -0.4 is 14.3 Å². The van der Waals surface area contributed by atoms with E-state index in [-0.39, 0.29) is 39.9 Å². The number of benzene rings is 2. The lowest BCUT2D eigenvalue weighted by molar-refractivity contribution is -1.01. The third kappa shape index (κ3) is 6.48. The summed E-state index contributed by atoms with van der Waals surface area (Å²) in [5.41, 5.74) is 0.398. The fourth-order valence-electron chi connectivity index (χ4n) is 3.27. The van der Waals surface area contributed by atoms with Crippen LogP contribution in [0.1, 0.15) is 5.56 Å². The summed E-state index contributed by atoms with van der Waals surface area (Å²) in [5, 5.41) is 12.8. The van der Waals surface area contributed by atoms with Crippen molar-refractivity contribution in [1.29, 1.82) is 0 Å². The molecule has 15 heteroatoms. The Morgan fingerprint density at radius 2 is 1.94 bits per heavy atom. The number of sulfonamides is 1. The molecule has 0 bridgehead atoms. The van der Waals surface area contributed by atoms with Gasteiger partial charge in [-0.3, -0.25) is 9.27 Å². The van der Waals surface area contributed by atoms with Gasteiger partial charge in [0.05, 0.1) is 41.3 Å². The third-order valence-corrected chi connectivity index (χ3v) is 7.47. The van der Waals surface area contributed by atoms with Crippen LogP contribution in [0.5, 0.6) is 5.75 Å². The molecule has 2 atom stereocenters. The highest BCUT2D eigenvalue weighted by molar-refractivity contribution is 7.89. The lowest BCUT2D eigenvalue weighted by atomic mass is 10.2. The van der Waals surface area contributed by atoms with E-state index in [4.69, 9.17) is 44.1 Å². The Labute approximate surface area is 209 Å². The number of hydrogen-bond donors (Lipinski definition) is 4. The number of anilines is 1. The molecule has 182 valence electrons. The van der Waals surface area contributed by atoms with Crippen molar-refractivity contribution in [3.8, 4) is 5.75 Å². The lowest BCUT2D eigenvalue weighted by Crippen LogP contribution is -2.65. The molecule has 0 aromatic heterocycles. The predicted octanol–water partition coefficient (Wildman–Crippen LogP) is 2.64. The zero-order valence-electron chi connectivity index (χ0n) is 17.5. The zero-order chi connectivity index (χ0) is 24.6. The smallest absolute Gasteiger partial charge is 0.259 e. The first kappa shape index (κ1) is 26.4. The number of nitrogens with zero attached hydrogens (tertiary/aromatic N) is 2. The zero-order valence-corrected chi connectivity index (χ0v) is 21.4. The first-order chi connectivity index (χ1) is 15.3. The molecule has 2 aromatic carbocycles. The summed E-state index contributed by atoms with van der Waals surface area (Å²) in [7, 11) is -0.598. The number of aliphatic hydroxyl groups excluding tert-OH is 1. The number of quaternary nitrogens is 1. The molecular formula is C18H22Cl3N4O6S2+. The Balaban J connectivity index is 1.73. The molecule has 0 fully saturated rings. The molecule has 0 radical (unpaired) electrons. The van der Waals surface area contributed by atoms with Crippen LogP contribution >= 0.6 is 34.8 Å². The van der Waals surface area contributed by atoms with E-state index in [1.54, 1.807) is 26.2 Å². The third-order valence-electron chi connectivity index (χ3n) is 4.82. The molecule has 3 rings (SSSR count). The van der Waals surface area contributed by atoms with Gasteiger partial charge in [-0.25, -0.2) is 17.2 Å². The maximum absolute atomic E-state index is 12.9. The normalized spacial score (nSPS) is 17.8. The second-order valence-electron chi connectivity index (χ2n) is 7.79. The van der Waals surface area contributed by atoms with Gasteiger partial charge in [0.1, 0.15) is 25.0 Å². The number of hydrazine groups is 1. The summed E-state index contributed by atoms with van der Waals surface area (Å²) in [6.07, 6.45) is -0.965. The summed E-state index contributed by atoms with van der Waals surface area (Å²) < 4.78 is 53.5. The van der Waals surface area contributed by atoms with Crippen LogP contribution in [0.3, 0.4) is 0 Å². The number of nitrogens with one attached hydrogen (secondary N) is 2. The Bertz CT molecular complexity index is 1180. The van der Waals surface area contributed by atoms with Crippen molar-refractivity contribution in [3.63, 3.8) is 0 Å². The standard InChI is InChI=1S/C18H21Cl3N4O6S2/c1-25(2,9-13(26)10-31-17-4-3-12(19)6-15(17)21)24-8-11-5-14(20)16(22-32(27)28)7-18(11)33(29,30)23-24/h3-7,13,22-23,26H,8-10H2,1-2H3/p+1.